The number of amides is 1. The van der Waals surface area contributed by atoms with Crippen LogP contribution in [0.5, 0.6) is 0 Å². The van der Waals surface area contributed by atoms with Crippen LogP contribution in [0.2, 0.25) is 0 Å². The first-order chi connectivity index (χ1) is 11.1. The minimum atomic E-state index is -0.141. The van der Waals surface area contributed by atoms with Crippen LogP contribution >= 0.6 is 22.7 Å². The summed E-state index contributed by atoms with van der Waals surface area (Å²) in [5.74, 6) is 6.31. The zero-order valence-corrected chi connectivity index (χ0v) is 14.2. The van der Waals surface area contributed by atoms with Gasteiger partial charge in [0.2, 0.25) is 5.91 Å². The Morgan fingerprint density at radius 1 is 1.43 bits per heavy atom. The van der Waals surface area contributed by atoms with E-state index in [1.807, 2.05) is 12.3 Å². The van der Waals surface area contributed by atoms with E-state index in [1.165, 1.54) is 29.6 Å². The van der Waals surface area contributed by atoms with Crippen LogP contribution in [-0.2, 0) is 4.79 Å². The molecular weight excluding hydrogens is 336 g/mol. The Kier molecular flexibility index (Phi) is 6.11. The van der Waals surface area contributed by atoms with Gasteiger partial charge in [-0.2, -0.15) is 0 Å². The molecule has 0 spiro atoms. The summed E-state index contributed by atoms with van der Waals surface area (Å²) in [6.07, 6.45) is 2.23. The third-order valence-electron chi connectivity index (χ3n) is 2.54. The molecule has 11 heteroatoms. The van der Waals surface area contributed by atoms with E-state index in [4.69, 9.17) is 5.84 Å². The van der Waals surface area contributed by atoms with Crippen molar-refractivity contribution >= 4 is 45.1 Å². The number of hydrogen-bond donors (Lipinski definition) is 2. The Hall–Kier alpha value is -2.40. The summed E-state index contributed by atoms with van der Waals surface area (Å²) in [4.78, 5) is 20.9. The summed E-state index contributed by atoms with van der Waals surface area (Å²) in [6.45, 7) is 4.00. The third-order valence-corrected chi connectivity index (χ3v) is 4.44. The van der Waals surface area contributed by atoms with Crippen molar-refractivity contribution in [1.29, 1.82) is 0 Å². The molecule has 23 heavy (non-hydrogen) atoms. The summed E-state index contributed by atoms with van der Waals surface area (Å²) < 4.78 is 0. The van der Waals surface area contributed by atoms with Crippen LogP contribution in [0, 0.1) is 6.92 Å². The summed E-state index contributed by atoms with van der Waals surface area (Å²) in [7, 11) is 0. The SMILES string of the molecule is CC(=O)Nc1nc(C)c(-c2csc(NCC/C=N/N=N\[NH-])n2)s1. The molecule has 2 aromatic rings. The van der Waals surface area contributed by atoms with E-state index < -0.39 is 0 Å². The second-order valence-electron chi connectivity index (χ2n) is 4.36. The molecule has 0 unspecified atom stereocenters. The van der Waals surface area contributed by atoms with Crippen LogP contribution in [0.15, 0.2) is 20.9 Å². The number of anilines is 2. The minimum absolute atomic E-state index is 0.141. The number of nitrogens with one attached hydrogen (secondary N) is 3. The normalized spacial score (nSPS) is 11.4. The van der Waals surface area contributed by atoms with Crippen LogP contribution in [0.25, 0.3) is 16.4 Å². The van der Waals surface area contributed by atoms with E-state index in [-0.39, 0.29) is 5.91 Å². The first kappa shape index (κ1) is 17.0. The lowest BCUT2D eigenvalue weighted by atomic mass is 10.3. The first-order valence-corrected chi connectivity index (χ1v) is 8.33. The molecule has 2 aromatic heterocycles. The average Bonchev–Trinajstić information content (AvgIpc) is 3.08. The molecule has 9 nitrogen and oxygen atoms in total. The lowest BCUT2D eigenvalue weighted by Gasteiger charge is -1.98. The van der Waals surface area contributed by atoms with Crippen molar-refractivity contribution in [3.8, 4) is 10.6 Å². The van der Waals surface area contributed by atoms with Crippen molar-refractivity contribution in [2.24, 2.45) is 15.5 Å². The second-order valence-corrected chi connectivity index (χ2v) is 6.21. The summed E-state index contributed by atoms with van der Waals surface area (Å²) >= 11 is 2.90. The summed E-state index contributed by atoms with van der Waals surface area (Å²) in [6, 6.07) is 0. The van der Waals surface area contributed by atoms with Crippen LogP contribution < -0.4 is 10.6 Å². The molecule has 0 aromatic carbocycles. The van der Waals surface area contributed by atoms with E-state index in [2.05, 4.69) is 36.1 Å². The number of aryl methyl sites for hydroxylation is 1. The highest BCUT2D eigenvalue weighted by Crippen LogP contribution is 2.34. The number of carbonyl (C=O) groups excluding carboxylic acids is 1. The maximum absolute atomic E-state index is 11.1. The maximum Gasteiger partial charge on any atom is 0.223 e. The van der Waals surface area contributed by atoms with Crippen LogP contribution in [0.3, 0.4) is 0 Å². The van der Waals surface area contributed by atoms with Crippen molar-refractivity contribution in [2.75, 3.05) is 17.2 Å². The van der Waals surface area contributed by atoms with Gasteiger partial charge in [-0.15, -0.1) is 11.3 Å². The lowest BCUT2D eigenvalue weighted by molar-refractivity contribution is -0.114. The minimum Gasteiger partial charge on any atom is -0.397 e. The van der Waals surface area contributed by atoms with Crippen molar-refractivity contribution < 1.29 is 4.79 Å². The summed E-state index contributed by atoms with van der Waals surface area (Å²) in [5, 5.41) is 18.7. The quantitative estimate of drug-likeness (QED) is 0.341. The van der Waals surface area contributed by atoms with E-state index in [1.54, 1.807) is 6.21 Å². The van der Waals surface area contributed by atoms with Gasteiger partial charge in [0.05, 0.1) is 16.3 Å². The average molecular weight is 351 g/mol. The van der Waals surface area contributed by atoms with Gasteiger partial charge in [0.1, 0.15) is 0 Å². The molecule has 0 fully saturated rings. The Bertz CT molecular complexity index is 720. The number of aromatic nitrogens is 2. The van der Waals surface area contributed by atoms with Crippen LogP contribution in [0.4, 0.5) is 10.3 Å². The molecule has 0 aliphatic carbocycles. The molecular formula is C12H15N8OS2-. The number of carbonyl (C=O) groups is 1. The Balaban J connectivity index is 1.96. The molecule has 0 atom stereocenters. The fourth-order valence-electron chi connectivity index (χ4n) is 1.66. The van der Waals surface area contributed by atoms with E-state index in [0.29, 0.717) is 18.1 Å². The fraction of sp³-hybridized carbons (Fsp3) is 0.333. The summed E-state index contributed by atoms with van der Waals surface area (Å²) in [5.41, 5.74) is 1.67. The van der Waals surface area contributed by atoms with Gasteiger partial charge in [0.25, 0.3) is 0 Å². The molecule has 122 valence electrons. The Labute approximate surface area is 140 Å². The number of nitrogens with zero attached hydrogens (tertiary/aromatic N) is 5. The topological polar surface area (TPSA) is 128 Å². The molecule has 0 bridgehead atoms. The smallest absolute Gasteiger partial charge is 0.223 e. The monoisotopic (exact) mass is 351 g/mol. The second kappa shape index (κ2) is 8.29. The van der Waals surface area contributed by atoms with Crippen molar-refractivity contribution in [3.63, 3.8) is 0 Å². The standard InChI is InChI=1S/C12H16N8OS2/c1-7-10(23-12(16-7)17-8(2)21)9-6-22-11(18-9)14-4-3-5-15-20-19-13/h5-6H,3-4H2,1-2H3,(H4,13,14,16,17,18,20,21)/p-1/b15-5+. The van der Waals surface area contributed by atoms with E-state index >= 15 is 0 Å². The first-order valence-electron chi connectivity index (χ1n) is 6.63. The number of thiazole rings is 2. The van der Waals surface area contributed by atoms with E-state index in [9.17, 15) is 4.79 Å². The highest BCUT2D eigenvalue weighted by Gasteiger charge is 2.13. The molecule has 0 aliphatic heterocycles. The van der Waals surface area contributed by atoms with Crippen LogP contribution in [-0.4, -0.2) is 28.6 Å². The Morgan fingerprint density at radius 2 is 2.26 bits per heavy atom. The zero-order chi connectivity index (χ0) is 16.7. The predicted molar refractivity (Wildman–Crippen MR) is 93.0 cm³/mol. The van der Waals surface area contributed by atoms with Gasteiger partial charge < -0.3 is 16.5 Å². The highest BCUT2D eigenvalue weighted by molar-refractivity contribution is 7.19. The van der Waals surface area contributed by atoms with Crippen molar-refractivity contribution in [3.05, 3.63) is 16.9 Å². The van der Waals surface area contributed by atoms with Crippen molar-refractivity contribution in [2.45, 2.75) is 20.3 Å². The molecule has 1 amide bonds. The van der Waals surface area contributed by atoms with Gasteiger partial charge in [-0.1, -0.05) is 11.3 Å². The third kappa shape index (κ3) is 5.07. The van der Waals surface area contributed by atoms with Gasteiger partial charge in [-0.3, -0.25) is 20.3 Å². The largest absolute Gasteiger partial charge is 0.397 e. The zero-order valence-electron chi connectivity index (χ0n) is 12.5. The van der Waals surface area contributed by atoms with Crippen LogP contribution in [0.1, 0.15) is 19.0 Å². The molecule has 0 aliphatic rings. The molecule has 3 N–H and O–H groups in total. The lowest BCUT2D eigenvalue weighted by Crippen LogP contribution is -2.04. The molecule has 0 saturated heterocycles. The van der Waals surface area contributed by atoms with Gasteiger partial charge >= 0.3 is 0 Å². The maximum atomic E-state index is 11.1. The molecule has 0 radical (unpaired) electrons. The number of hydrogen-bond acceptors (Lipinski definition) is 8. The van der Waals surface area contributed by atoms with Gasteiger partial charge in [0, 0.05) is 31.5 Å². The highest BCUT2D eigenvalue weighted by atomic mass is 32.1. The van der Waals surface area contributed by atoms with Crippen molar-refractivity contribution in [1.82, 2.24) is 9.97 Å². The molecule has 2 heterocycles. The fourth-order valence-corrected chi connectivity index (χ4v) is 3.44. The Morgan fingerprint density at radius 3 is 3.00 bits per heavy atom. The number of rotatable bonds is 7. The van der Waals surface area contributed by atoms with Gasteiger partial charge in [0.15, 0.2) is 10.3 Å². The predicted octanol–water partition coefficient (Wildman–Crippen LogP) is 3.74. The molecule has 2 rings (SSSR count). The molecule has 0 saturated carbocycles. The van der Waals surface area contributed by atoms with Gasteiger partial charge in [-0.05, 0) is 6.92 Å². The van der Waals surface area contributed by atoms with Gasteiger partial charge in [-0.25, -0.2) is 9.97 Å². The van der Waals surface area contributed by atoms with E-state index in [0.717, 1.165) is 21.4 Å².